The number of nitrogens with zero attached hydrogens (tertiary/aromatic N) is 1. The SMILES string of the molecule is CC(C)C[C@H](NC(=O)c1ccc(SN2CCCC2)cc1)[C@@H](O)[C@H](O)[C@H](C(=O)NCc1ccccc1)C(C)C. The van der Waals surface area contributed by atoms with E-state index in [0.29, 0.717) is 18.5 Å². The van der Waals surface area contributed by atoms with Crippen LogP contribution < -0.4 is 10.6 Å². The summed E-state index contributed by atoms with van der Waals surface area (Å²) in [7, 11) is 0. The monoisotopic (exact) mass is 541 g/mol. The number of nitrogens with one attached hydrogen (secondary N) is 2. The molecule has 0 bridgehead atoms. The Morgan fingerprint density at radius 3 is 2.13 bits per heavy atom. The molecule has 0 aliphatic carbocycles. The highest BCUT2D eigenvalue weighted by molar-refractivity contribution is 7.97. The molecule has 4 atom stereocenters. The summed E-state index contributed by atoms with van der Waals surface area (Å²) in [5.74, 6) is -1.52. The van der Waals surface area contributed by atoms with Gasteiger partial charge in [0.2, 0.25) is 5.91 Å². The molecular formula is C30H43N3O4S. The number of carbonyl (C=O) groups is 2. The summed E-state index contributed by atoms with van der Waals surface area (Å²) in [6.45, 7) is 10.2. The summed E-state index contributed by atoms with van der Waals surface area (Å²) in [5.41, 5.74) is 1.44. The third-order valence-corrected chi connectivity index (χ3v) is 8.02. The van der Waals surface area contributed by atoms with Gasteiger partial charge in [-0.3, -0.25) is 9.59 Å². The van der Waals surface area contributed by atoms with Crippen LogP contribution in [0.2, 0.25) is 0 Å². The lowest BCUT2D eigenvalue weighted by molar-refractivity contribution is -0.136. The van der Waals surface area contributed by atoms with Crippen molar-refractivity contribution >= 4 is 23.8 Å². The zero-order valence-corrected chi connectivity index (χ0v) is 23.8. The Balaban J connectivity index is 1.66. The quantitative estimate of drug-likeness (QED) is 0.283. The largest absolute Gasteiger partial charge is 0.390 e. The van der Waals surface area contributed by atoms with Crippen LogP contribution >= 0.6 is 11.9 Å². The summed E-state index contributed by atoms with van der Waals surface area (Å²) in [4.78, 5) is 27.3. The molecule has 1 heterocycles. The Bertz CT molecular complexity index is 1010. The van der Waals surface area contributed by atoms with Crippen molar-refractivity contribution in [3.05, 3.63) is 65.7 Å². The Labute approximate surface area is 231 Å². The first-order valence-corrected chi connectivity index (χ1v) is 14.4. The van der Waals surface area contributed by atoms with Crippen LogP contribution in [0.15, 0.2) is 59.5 Å². The second kappa shape index (κ2) is 14.7. The molecule has 0 unspecified atom stereocenters. The topological polar surface area (TPSA) is 102 Å². The number of carbonyl (C=O) groups excluding carboxylic acids is 2. The third-order valence-electron chi connectivity index (χ3n) is 6.92. The fourth-order valence-electron chi connectivity index (χ4n) is 4.84. The smallest absolute Gasteiger partial charge is 0.251 e. The van der Waals surface area contributed by atoms with Crippen LogP contribution in [0, 0.1) is 17.8 Å². The van der Waals surface area contributed by atoms with E-state index in [1.165, 1.54) is 12.8 Å². The maximum Gasteiger partial charge on any atom is 0.251 e. The van der Waals surface area contributed by atoms with E-state index in [-0.39, 0.29) is 23.7 Å². The average Bonchev–Trinajstić information content (AvgIpc) is 3.40. The van der Waals surface area contributed by atoms with Crippen LogP contribution in [0.5, 0.6) is 0 Å². The van der Waals surface area contributed by atoms with Crippen molar-refractivity contribution in [2.45, 2.75) is 76.6 Å². The lowest BCUT2D eigenvalue weighted by atomic mass is 9.83. The van der Waals surface area contributed by atoms with E-state index >= 15 is 0 Å². The van der Waals surface area contributed by atoms with Gasteiger partial charge in [0, 0.05) is 30.1 Å². The van der Waals surface area contributed by atoms with Crippen LogP contribution in [0.25, 0.3) is 0 Å². The van der Waals surface area contributed by atoms with Crippen LogP contribution in [-0.2, 0) is 11.3 Å². The van der Waals surface area contributed by atoms with Crippen molar-refractivity contribution in [2.24, 2.45) is 17.8 Å². The van der Waals surface area contributed by atoms with Crippen molar-refractivity contribution in [3.63, 3.8) is 0 Å². The molecule has 1 aliphatic heterocycles. The molecule has 1 saturated heterocycles. The number of hydrogen-bond acceptors (Lipinski definition) is 6. The average molecular weight is 542 g/mol. The predicted octanol–water partition coefficient (Wildman–Crippen LogP) is 4.24. The summed E-state index contributed by atoms with van der Waals surface area (Å²) in [6, 6.07) is 16.3. The highest BCUT2D eigenvalue weighted by Gasteiger charge is 2.38. The van der Waals surface area contributed by atoms with E-state index in [9.17, 15) is 19.8 Å². The number of benzene rings is 2. The highest BCUT2D eigenvalue weighted by Crippen LogP contribution is 2.27. The molecule has 38 heavy (non-hydrogen) atoms. The lowest BCUT2D eigenvalue weighted by Gasteiger charge is -2.34. The van der Waals surface area contributed by atoms with Gasteiger partial charge in [0.25, 0.3) is 5.91 Å². The second-order valence-corrected chi connectivity index (χ2v) is 12.1. The molecule has 2 aromatic rings. The summed E-state index contributed by atoms with van der Waals surface area (Å²) < 4.78 is 2.33. The first-order valence-electron chi connectivity index (χ1n) is 13.7. The van der Waals surface area contributed by atoms with Gasteiger partial charge in [-0.2, -0.15) is 0 Å². The van der Waals surface area contributed by atoms with E-state index in [0.717, 1.165) is 23.5 Å². The number of hydrogen-bond donors (Lipinski definition) is 4. The molecule has 0 saturated carbocycles. The van der Waals surface area contributed by atoms with E-state index < -0.39 is 24.2 Å². The molecule has 1 fully saturated rings. The molecule has 2 aromatic carbocycles. The van der Waals surface area contributed by atoms with Gasteiger partial charge in [-0.1, -0.05) is 58.0 Å². The summed E-state index contributed by atoms with van der Waals surface area (Å²) in [6.07, 6.45) is 0.245. The number of aliphatic hydroxyl groups is 2. The van der Waals surface area contributed by atoms with Crippen LogP contribution in [0.4, 0.5) is 0 Å². The van der Waals surface area contributed by atoms with Gasteiger partial charge >= 0.3 is 0 Å². The fourth-order valence-corrected chi connectivity index (χ4v) is 5.84. The normalized spacial score (nSPS) is 17.3. The molecule has 1 aliphatic rings. The zero-order valence-electron chi connectivity index (χ0n) is 23.0. The molecule has 2 amide bonds. The maximum atomic E-state index is 13.1. The first-order chi connectivity index (χ1) is 18.2. The van der Waals surface area contributed by atoms with Crippen molar-refractivity contribution in [3.8, 4) is 0 Å². The van der Waals surface area contributed by atoms with Gasteiger partial charge < -0.3 is 20.8 Å². The van der Waals surface area contributed by atoms with Crippen molar-refractivity contribution in [2.75, 3.05) is 13.1 Å². The van der Waals surface area contributed by atoms with Gasteiger partial charge in [0.05, 0.1) is 18.1 Å². The van der Waals surface area contributed by atoms with Gasteiger partial charge in [-0.15, -0.1) is 0 Å². The van der Waals surface area contributed by atoms with E-state index in [1.54, 1.807) is 24.1 Å². The minimum absolute atomic E-state index is 0.158. The Hall–Kier alpha value is -2.39. The molecule has 0 aromatic heterocycles. The fraction of sp³-hybridized carbons (Fsp3) is 0.533. The molecule has 0 spiro atoms. The molecule has 3 rings (SSSR count). The minimum Gasteiger partial charge on any atom is -0.390 e. The van der Waals surface area contributed by atoms with E-state index in [4.69, 9.17) is 0 Å². The molecule has 4 N–H and O–H groups in total. The number of rotatable bonds is 13. The summed E-state index contributed by atoms with van der Waals surface area (Å²) >= 11 is 1.70. The number of aliphatic hydroxyl groups excluding tert-OH is 2. The Morgan fingerprint density at radius 1 is 0.921 bits per heavy atom. The zero-order chi connectivity index (χ0) is 27.7. The van der Waals surface area contributed by atoms with E-state index in [2.05, 4.69) is 14.9 Å². The standard InChI is InChI=1S/C30H43N3O4S/c1-20(2)18-25(32-29(36)23-12-14-24(15-13-23)38-33-16-8-9-17-33)27(34)28(35)26(21(3)4)30(37)31-19-22-10-6-5-7-11-22/h5-7,10-15,20-21,25-28,34-35H,8-9,16-19H2,1-4H3,(H,31,37)(H,32,36)/t25-,26+,27+,28+/m0/s1. The predicted molar refractivity (Wildman–Crippen MR) is 152 cm³/mol. The number of amides is 2. The molecular weight excluding hydrogens is 498 g/mol. The molecule has 8 heteroatoms. The maximum absolute atomic E-state index is 13.1. The first kappa shape index (κ1) is 30.2. The minimum atomic E-state index is -1.34. The van der Waals surface area contributed by atoms with Crippen molar-refractivity contribution in [1.29, 1.82) is 0 Å². The third kappa shape index (κ3) is 8.83. The Morgan fingerprint density at radius 2 is 1.55 bits per heavy atom. The van der Waals surface area contributed by atoms with Crippen LogP contribution in [0.1, 0.15) is 62.9 Å². The van der Waals surface area contributed by atoms with Gasteiger partial charge in [0.15, 0.2) is 0 Å². The lowest BCUT2D eigenvalue weighted by Crippen LogP contribution is -2.54. The molecule has 0 radical (unpaired) electrons. The highest BCUT2D eigenvalue weighted by atomic mass is 32.2. The molecule has 7 nitrogen and oxygen atoms in total. The van der Waals surface area contributed by atoms with Gasteiger partial charge in [-0.05, 0) is 72.9 Å². The van der Waals surface area contributed by atoms with Gasteiger partial charge in [0.1, 0.15) is 6.10 Å². The van der Waals surface area contributed by atoms with Crippen LogP contribution in [-0.4, -0.2) is 57.7 Å². The second-order valence-electron chi connectivity index (χ2n) is 10.9. The van der Waals surface area contributed by atoms with Crippen molar-refractivity contribution in [1.82, 2.24) is 14.9 Å². The van der Waals surface area contributed by atoms with E-state index in [1.807, 2.05) is 70.2 Å². The Kier molecular flexibility index (Phi) is 11.6. The van der Waals surface area contributed by atoms with Crippen molar-refractivity contribution < 1.29 is 19.8 Å². The summed E-state index contributed by atoms with van der Waals surface area (Å²) in [5, 5.41) is 28.2. The van der Waals surface area contributed by atoms with Gasteiger partial charge in [-0.25, -0.2) is 4.31 Å². The van der Waals surface area contributed by atoms with Crippen LogP contribution in [0.3, 0.4) is 0 Å². The molecule has 208 valence electrons.